The van der Waals surface area contributed by atoms with E-state index in [9.17, 15) is 15.0 Å². The molecule has 1 unspecified atom stereocenters. The van der Waals surface area contributed by atoms with E-state index in [1.807, 2.05) is 50.2 Å². The molecule has 0 spiro atoms. The number of hydrogen-bond acceptors (Lipinski definition) is 4. The van der Waals surface area contributed by atoms with E-state index in [1.54, 1.807) is 6.21 Å². The number of aliphatic hydroxyl groups is 1. The monoisotopic (exact) mass is 396 g/mol. The minimum atomic E-state index is -0.560. The zero-order valence-electron chi connectivity index (χ0n) is 15.6. The second-order valence-electron chi connectivity index (χ2n) is 6.84. The Morgan fingerprint density at radius 2 is 1.82 bits per heavy atom. The lowest BCUT2D eigenvalue weighted by molar-refractivity contribution is 0.0955. The van der Waals surface area contributed by atoms with Crippen LogP contribution in [0.5, 0.6) is 5.75 Å². The fraction of sp³-hybridized carbons (Fsp3) is 0.182. The molecular formula is C22H21ClN2O3. The van der Waals surface area contributed by atoms with Gasteiger partial charge >= 0.3 is 0 Å². The molecule has 144 valence electrons. The highest BCUT2D eigenvalue weighted by atomic mass is 35.5. The first kappa shape index (κ1) is 19.9. The average molecular weight is 397 g/mol. The first-order chi connectivity index (χ1) is 13.4. The van der Waals surface area contributed by atoms with Crippen LogP contribution in [-0.2, 0) is 0 Å². The van der Waals surface area contributed by atoms with Crippen molar-refractivity contribution in [2.24, 2.45) is 11.0 Å². The van der Waals surface area contributed by atoms with Crippen molar-refractivity contribution in [3.63, 3.8) is 0 Å². The topological polar surface area (TPSA) is 81.9 Å². The van der Waals surface area contributed by atoms with Gasteiger partial charge in [0.25, 0.3) is 5.91 Å². The Kier molecular flexibility index (Phi) is 5.97. The SMILES string of the molecule is CC(C)C(O)c1ccc(C=NNC(=O)c2ccc(O)c(Cl)c2)c2ccccc12. The van der Waals surface area contributed by atoms with E-state index in [4.69, 9.17) is 11.6 Å². The lowest BCUT2D eigenvalue weighted by Crippen LogP contribution is -2.17. The summed E-state index contributed by atoms with van der Waals surface area (Å²) in [6.07, 6.45) is 1.00. The van der Waals surface area contributed by atoms with Gasteiger partial charge in [0.05, 0.1) is 17.3 Å². The first-order valence-corrected chi connectivity index (χ1v) is 9.28. The van der Waals surface area contributed by atoms with E-state index in [2.05, 4.69) is 10.5 Å². The number of amides is 1. The maximum atomic E-state index is 12.2. The van der Waals surface area contributed by atoms with Gasteiger partial charge < -0.3 is 10.2 Å². The molecular weight excluding hydrogens is 376 g/mol. The quantitative estimate of drug-likeness (QED) is 0.433. The van der Waals surface area contributed by atoms with Crippen LogP contribution < -0.4 is 5.43 Å². The third-order valence-corrected chi connectivity index (χ3v) is 4.82. The summed E-state index contributed by atoms with van der Waals surface area (Å²) < 4.78 is 0. The molecule has 1 amide bonds. The van der Waals surface area contributed by atoms with Gasteiger partial charge in [-0.3, -0.25) is 4.79 Å². The van der Waals surface area contributed by atoms with Crippen molar-refractivity contribution in [3.8, 4) is 5.75 Å². The number of aliphatic hydroxyl groups excluding tert-OH is 1. The normalized spacial score (nSPS) is 12.6. The molecule has 0 fully saturated rings. The summed E-state index contributed by atoms with van der Waals surface area (Å²) in [5, 5.41) is 25.9. The molecule has 6 heteroatoms. The number of carbonyl (C=O) groups excluding carboxylic acids is 1. The predicted octanol–water partition coefficient (Wildman–Crippen LogP) is 4.65. The van der Waals surface area contributed by atoms with Gasteiger partial charge in [-0.2, -0.15) is 5.10 Å². The van der Waals surface area contributed by atoms with Crippen LogP contribution in [0.1, 0.15) is 41.4 Å². The number of halogens is 1. The second kappa shape index (κ2) is 8.42. The fourth-order valence-electron chi connectivity index (χ4n) is 2.95. The molecule has 1 atom stereocenters. The van der Waals surface area contributed by atoms with Gasteiger partial charge in [-0.05, 0) is 40.5 Å². The van der Waals surface area contributed by atoms with E-state index in [1.165, 1.54) is 18.2 Å². The zero-order valence-corrected chi connectivity index (χ0v) is 16.3. The van der Waals surface area contributed by atoms with Crippen LogP contribution in [0.25, 0.3) is 10.8 Å². The molecule has 5 nitrogen and oxygen atoms in total. The number of rotatable bonds is 5. The van der Waals surface area contributed by atoms with Crippen LogP contribution >= 0.6 is 11.6 Å². The predicted molar refractivity (Wildman–Crippen MR) is 112 cm³/mol. The number of hydrazone groups is 1. The van der Waals surface area contributed by atoms with Crippen LogP contribution in [0, 0.1) is 5.92 Å². The molecule has 0 saturated carbocycles. The van der Waals surface area contributed by atoms with Gasteiger partial charge in [-0.25, -0.2) is 5.43 Å². The number of nitrogens with one attached hydrogen (secondary N) is 1. The van der Waals surface area contributed by atoms with Gasteiger partial charge in [0.2, 0.25) is 0 Å². The standard InChI is InChI=1S/C22H21ClN2O3/c1-13(2)21(27)18-9-7-15(16-5-3-4-6-17(16)18)12-24-25-22(28)14-8-10-20(26)19(23)11-14/h3-13,21,26-27H,1-2H3,(H,25,28). The van der Waals surface area contributed by atoms with Gasteiger partial charge in [0.1, 0.15) is 5.75 Å². The number of hydrogen-bond donors (Lipinski definition) is 3. The van der Waals surface area contributed by atoms with Gasteiger partial charge in [-0.1, -0.05) is 61.8 Å². The summed E-state index contributed by atoms with van der Waals surface area (Å²) in [6.45, 7) is 3.94. The molecule has 0 heterocycles. The van der Waals surface area contributed by atoms with Crippen molar-refractivity contribution >= 4 is 34.5 Å². The average Bonchev–Trinajstić information content (AvgIpc) is 2.69. The number of aromatic hydroxyl groups is 1. The molecule has 0 saturated heterocycles. The lowest BCUT2D eigenvalue weighted by Gasteiger charge is -2.18. The number of nitrogens with zero attached hydrogens (tertiary/aromatic N) is 1. The summed E-state index contributed by atoms with van der Waals surface area (Å²) in [4.78, 5) is 12.2. The lowest BCUT2D eigenvalue weighted by atomic mass is 9.92. The molecule has 0 aromatic heterocycles. The Morgan fingerprint density at radius 1 is 1.11 bits per heavy atom. The van der Waals surface area contributed by atoms with E-state index in [0.29, 0.717) is 5.56 Å². The van der Waals surface area contributed by atoms with Crippen molar-refractivity contribution in [2.75, 3.05) is 0 Å². The molecule has 3 rings (SSSR count). The van der Waals surface area contributed by atoms with Crippen LogP contribution in [0.4, 0.5) is 0 Å². The Morgan fingerprint density at radius 3 is 2.50 bits per heavy atom. The third-order valence-electron chi connectivity index (χ3n) is 4.52. The van der Waals surface area contributed by atoms with Crippen molar-refractivity contribution in [1.29, 1.82) is 0 Å². The largest absolute Gasteiger partial charge is 0.506 e. The van der Waals surface area contributed by atoms with Crippen LogP contribution in [0.15, 0.2) is 59.7 Å². The summed E-state index contributed by atoms with van der Waals surface area (Å²) >= 11 is 5.83. The van der Waals surface area contributed by atoms with Crippen molar-refractivity contribution in [2.45, 2.75) is 20.0 Å². The fourth-order valence-corrected chi connectivity index (χ4v) is 3.13. The molecule has 3 aromatic carbocycles. The highest BCUT2D eigenvalue weighted by Crippen LogP contribution is 2.30. The number of fused-ring (bicyclic) bond motifs is 1. The summed E-state index contributed by atoms with van der Waals surface area (Å²) in [7, 11) is 0. The highest BCUT2D eigenvalue weighted by Gasteiger charge is 2.16. The summed E-state index contributed by atoms with van der Waals surface area (Å²) in [5.74, 6) is -0.425. The number of carbonyl (C=O) groups is 1. The molecule has 28 heavy (non-hydrogen) atoms. The second-order valence-corrected chi connectivity index (χ2v) is 7.25. The van der Waals surface area contributed by atoms with Crippen LogP contribution in [-0.4, -0.2) is 22.3 Å². The maximum Gasteiger partial charge on any atom is 0.271 e. The third kappa shape index (κ3) is 4.16. The van der Waals surface area contributed by atoms with E-state index >= 15 is 0 Å². The number of phenols is 1. The zero-order chi connectivity index (χ0) is 20.3. The number of benzene rings is 3. The van der Waals surface area contributed by atoms with E-state index in [0.717, 1.165) is 21.9 Å². The van der Waals surface area contributed by atoms with Crippen molar-refractivity contribution in [3.05, 3.63) is 76.3 Å². The molecule has 0 aliphatic heterocycles. The summed E-state index contributed by atoms with van der Waals surface area (Å²) in [5.41, 5.74) is 4.43. The van der Waals surface area contributed by atoms with Crippen LogP contribution in [0.3, 0.4) is 0 Å². The smallest absolute Gasteiger partial charge is 0.271 e. The van der Waals surface area contributed by atoms with Crippen molar-refractivity contribution < 1.29 is 15.0 Å². The van der Waals surface area contributed by atoms with E-state index < -0.39 is 12.0 Å². The Labute approximate surface area is 168 Å². The van der Waals surface area contributed by atoms with Crippen molar-refractivity contribution in [1.82, 2.24) is 5.43 Å². The van der Waals surface area contributed by atoms with Crippen LogP contribution in [0.2, 0.25) is 5.02 Å². The minimum absolute atomic E-state index is 0.0862. The minimum Gasteiger partial charge on any atom is -0.506 e. The molecule has 3 N–H and O–H groups in total. The first-order valence-electron chi connectivity index (χ1n) is 8.90. The van der Waals surface area contributed by atoms with E-state index in [-0.39, 0.29) is 16.7 Å². The van der Waals surface area contributed by atoms with Gasteiger partial charge in [0.15, 0.2) is 0 Å². The maximum absolute atomic E-state index is 12.2. The molecule has 0 radical (unpaired) electrons. The Balaban J connectivity index is 1.85. The molecule has 3 aromatic rings. The highest BCUT2D eigenvalue weighted by molar-refractivity contribution is 6.32. The molecule has 0 bridgehead atoms. The van der Waals surface area contributed by atoms with Gasteiger partial charge in [0, 0.05) is 11.1 Å². The summed E-state index contributed by atoms with van der Waals surface area (Å²) in [6, 6.07) is 15.7. The number of phenolic OH excluding ortho intramolecular Hbond substituents is 1. The Hall–Kier alpha value is -2.89. The van der Waals surface area contributed by atoms with Gasteiger partial charge in [-0.15, -0.1) is 0 Å². The Bertz CT molecular complexity index is 1050. The molecule has 0 aliphatic carbocycles. The molecule has 0 aliphatic rings.